The largest absolute Gasteiger partial charge is 0.349 e. The van der Waals surface area contributed by atoms with Crippen molar-refractivity contribution in [2.75, 3.05) is 13.2 Å². The number of ether oxygens (including phenoxy) is 2. The van der Waals surface area contributed by atoms with Crippen LogP contribution in [0.3, 0.4) is 0 Å². The summed E-state index contributed by atoms with van der Waals surface area (Å²) >= 11 is 0. The van der Waals surface area contributed by atoms with E-state index >= 15 is 0 Å². The third kappa shape index (κ3) is 3.28. The second-order valence-electron chi connectivity index (χ2n) is 4.23. The fraction of sp³-hybridized carbons (Fsp3) is 0.636. The Bertz CT molecular complexity index is 385. The van der Waals surface area contributed by atoms with Crippen LogP contribution in [-0.2, 0) is 20.7 Å². The van der Waals surface area contributed by atoms with Gasteiger partial charge in [-0.25, -0.2) is 0 Å². The number of hydrogen-bond donors (Lipinski definition) is 2. The lowest BCUT2D eigenvalue weighted by molar-refractivity contribution is -0.147. The highest BCUT2D eigenvalue weighted by atomic mass is 16.7. The van der Waals surface area contributed by atoms with Crippen LogP contribution in [0.1, 0.15) is 18.3 Å². The normalized spacial score (nSPS) is 18.2. The molecule has 1 atom stereocenters. The highest BCUT2D eigenvalue weighted by Gasteiger charge is 2.25. The molecule has 94 valence electrons. The molecule has 1 saturated heterocycles. The zero-order valence-corrected chi connectivity index (χ0v) is 10.0. The van der Waals surface area contributed by atoms with E-state index < -0.39 is 6.29 Å². The minimum absolute atomic E-state index is 0.00185. The van der Waals surface area contributed by atoms with E-state index in [0.717, 1.165) is 11.4 Å². The van der Waals surface area contributed by atoms with E-state index in [2.05, 4.69) is 15.5 Å². The fourth-order valence-corrected chi connectivity index (χ4v) is 1.76. The first-order chi connectivity index (χ1) is 8.15. The number of nitrogens with one attached hydrogen (secondary N) is 2. The molecular formula is C11H17N3O3. The van der Waals surface area contributed by atoms with E-state index in [-0.39, 0.29) is 11.9 Å². The van der Waals surface area contributed by atoms with E-state index in [9.17, 15) is 4.79 Å². The number of carbonyl (C=O) groups excluding carboxylic acids is 1. The molecule has 0 spiro atoms. The standard InChI is InChI=1S/C11H17N3O3/c1-7(5-9-6-8(2)13-14-9)12-10(15)11-16-3-4-17-11/h6-7,11H,3-5H2,1-2H3,(H,12,15)(H,13,14). The summed E-state index contributed by atoms with van der Waals surface area (Å²) in [6.07, 6.45) is -0.0682. The molecule has 2 rings (SSSR count). The molecule has 1 aromatic rings. The van der Waals surface area contributed by atoms with Gasteiger partial charge in [0.1, 0.15) is 0 Å². The van der Waals surface area contributed by atoms with Crippen molar-refractivity contribution in [2.45, 2.75) is 32.6 Å². The molecule has 0 radical (unpaired) electrons. The molecule has 1 unspecified atom stereocenters. The average Bonchev–Trinajstić information content (AvgIpc) is 2.89. The van der Waals surface area contributed by atoms with Gasteiger partial charge in [-0.2, -0.15) is 5.10 Å². The summed E-state index contributed by atoms with van der Waals surface area (Å²) in [7, 11) is 0. The van der Waals surface area contributed by atoms with Crippen LogP contribution < -0.4 is 5.32 Å². The van der Waals surface area contributed by atoms with Crippen LogP contribution in [0.15, 0.2) is 6.07 Å². The van der Waals surface area contributed by atoms with Crippen molar-refractivity contribution in [3.8, 4) is 0 Å². The number of rotatable bonds is 4. The Morgan fingerprint density at radius 2 is 2.35 bits per heavy atom. The monoisotopic (exact) mass is 239 g/mol. The Labute approximate surface area is 99.7 Å². The van der Waals surface area contributed by atoms with Crippen LogP contribution in [0.25, 0.3) is 0 Å². The molecule has 1 fully saturated rings. The van der Waals surface area contributed by atoms with Gasteiger partial charge in [0.05, 0.1) is 18.9 Å². The number of aromatic nitrogens is 2. The molecule has 1 amide bonds. The molecule has 1 aromatic heterocycles. The summed E-state index contributed by atoms with van der Waals surface area (Å²) in [5.41, 5.74) is 1.95. The smallest absolute Gasteiger partial charge is 0.277 e. The lowest BCUT2D eigenvalue weighted by Crippen LogP contribution is -2.41. The molecule has 0 aliphatic carbocycles. The van der Waals surface area contributed by atoms with Gasteiger partial charge < -0.3 is 14.8 Å². The Hall–Kier alpha value is -1.40. The highest BCUT2D eigenvalue weighted by Crippen LogP contribution is 2.05. The van der Waals surface area contributed by atoms with Gasteiger partial charge >= 0.3 is 0 Å². The first kappa shape index (κ1) is 12.1. The van der Waals surface area contributed by atoms with Gasteiger partial charge in [-0.3, -0.25) is 9.89 Å². The van der Waals surface area contributed by atoms with Crippen molar-refractivity contribution >= 4 is 5.91 Å². The molecule has 2 N–H and O–H groups in total. The quantitative estimate of drug-likeness (QED) is 0.783. The number of hydrogen-bond acceptors (Lipinski definition) is 4. The molecule has 1 aliphatic rings. The summed E-state index contributed by atoms with van der Waals surface area (Å²) in [6, 6.07) is 1.96. The number of aromatic amines is 1. The van der Waals surface area contributed by atoms with Crippen molar-refractivity contribution in [3.63, 3.8) is 0 Å². The summed E-state index contributed by atoms with van der Waals surface area (Å²) in [4.78, 5) is 11.7. The van der Waals surface area contributed by atoms with Crippen LogP contribution in [0.5, 0.6) is 0 Å². The molecule has 2 heterocycles. The van der Waals surface area contributed by atoms with E-state index in [1.807, 2.05) is 19.9 Å². The van der Waals surface area contributed by atoms with Crippen LogP contribution in [0.2, 0.25) is 0 Å². The van der Waals surface area contributed by atoms with Crippen LogP contribution in [0, 0.1) is 6.92 Å². The molecule has 17 heavy (non-hydrogen) atoms. The summed E-state index contributed by atoms with van der Waals surface area (Å²) in [6.45, 7) is 4.83. The van der Waals surface area contributed by atoms with E-state index in [1.54, 1.807) is 0 Å². The van der Waals surface area contributed by atoms with Gasteiger partial charge in [-0.1, -0.05) is 0 Å². The van der Waals surface area contributed by atoms with Crippen LogP contribution in [-0.4, -0.2) is 41.7 Å². The molecule has 6 heteroatoms. The van der Waals surface area contributed by atoms with Crippen molar-refractivity contribution < 1.29 is 14.3 Å². The molecule has 0 saturated carbocycles. The minimum atomic E-state index is -0.752. The van der Waals surface area contributed by atoms with Gasteiger partial charge in [0.15, 0.2) is 0 Å². The van der Waals surface area contributed by atoms with Crippen LogP contribution in [0.4, 0.5) is 0 Å². The van der Waals surface area contributed by atoms with Gasteiger partial charge in [-0.15, -0.1) is 0 Å². The van der Waals surface area contributed by atoms with E-state index in [4.69, 9.17) is 9.47 Å². The van der Waals surface area contributed by atoms with Crippen LogP contribution >= 0.6 is 0 Å². The molecular weight excluding hydrogens is 222 g/mol. The van der Waals surface area contributed by atoms with E-state index in [1.165, 1.54) is 0 Å². The second-order valence-corrected chi connectivity index (χ2v) is 4.23. The number of nitrogens with zero attached hydrogens (tertiary/aromatic N) is 1. The van der Waals surface area contributed by atoms with Gasteiger partial charge in [-0.05, 0) is 19.9 Å². The summed E-state index contributed by atoms with van der Waals surface area (Å²) in [5, 5.41) is 9.83. The SMILES string of the molecule is Cc1cc(CC(C)NC(=O)C2OCCO2)n[nH]1. The van der Waals surface area contributed by atoms with Crippen molar-refractivity contribution in [1.82, 2.24) is 15.5 Å². The number of carbonyl (C=O) groups is 1. The predicted octanol–water partition coefficient (Wildman–Crippen LogP) is 0.138. The maximum Gasteiger partial charge on any atom is 0.277 e. The lowest BCUT2D eigenvalue weighted by atomic mass is 10.2. The Balaban J connectivity index is 1.80. The van der Waals surface area contributed by atoms with Crippen molar-refractivity contribution in [3.05, 3.63) is 17.5 Å². The summed E-state index contributed by atoms with van der Waals surface area (Å²) < 4.78 is 10.2. The molecule has 0 aromatic carbocycles. The Morgan fingerprint density at radius 3 is 2.94 bits per heavy atom. The molecule has 6 nitrogen and oxygen atoms in total. The lowest BCUT2D eigenvalue weighted by Gasteiger charge is -2.15. The maximum absolute atomic E-state index is 11.7. The minimum Gasteiger partial charge on any atom is -0.349 e. The third-order valence-corrected chi connectivity index (χ3v) is 2.50. The second kappa shape index (κ2) is 5.29. The van der Waals surface area contributed by atoms with Gasteiger partial charge in [0.25, 0.3) is 5.91 Å². The molecule has 0 bridgehead atoms. The van der Waals surface area contributed by atoms with Crippen molar-refractivity contribution in [2.24, 2.45) is 0 Å². The first-order valence-electron chi connectivity index (χ1n) is 5.69. The third-order valence-electron chi connectivity index (χ3n) is 2.50. The summed E-state index contributed by atoms with van der Waals surface area (Å²) in [5.74, 6) is -0.220. The zero-order chi connectivity index (χ0) is 12.3. The first-order valence-corrected chi connectivity index (χ1v) is 5.69. The maximum atomic E-state index is 11.7. The van der Waals surface area contributed by atoms with Gasteiger partial charge in [0.2, 0.25) is 6.29 Å². The fourth-order valence-electron chi connectivity index (χ4n) is 1.76. The Kier molecular flexibility index (Phi) is 3.75. The average molecular weight is 239 g/mol. The Morgan fingerprint density at radius 1 is 1.65 bits per heavy atom. The van der Waals surface area contributed by atoms with Crippen molar-refractivity contribution in [1.29, 1.82) is 0 Å². The zero-order valence-electron chi connectivity index (χ0n) is 10.0. The number of H-pyrrole nitrogens is 1. The van der Waals surface area contributed by atoms with E-state index in [0.29, 0.717) is 19.6 Å². The molecule has 1 aliphatic heterocycles. The van der Waals surface area contributed by atoms with Gasteiger partial charge in [0, 0.05) is 18.2 Å². The highest BCUT2D eigenvalue weighted by molar-refractivity contribution is 5.79. The number of amides is 1. The topological polar surface area (TPSA) is 76.2 Å². The number of aryl methyl sites for hydroxylation is 1. The predicted molar refractivity (Wildman–Crippen MR) is 60.3 cm³/mol.